The van der Waals surface area contributed by atoms with Crippen LogP contribution in [0.3, 0.4) is 0 Å². The Morgan fingerprint density at radius 3 is 2.70 bits per heavy atom. The molecule has 4 heterocycles. The van der Waals surface area contributed by atoms with Gasteiger partial charge in [-0.05, 0) is 54.8 Å². The van der Waals surface area contributed by atoms with E-state index < -0.39 is 0 Å². The maximum atomic E-state index is 6.31. The van der Waals surface area contributed by atoms with Gasteiger partial charge in [-0.15, -0.1) is 22.0 Å². The van der Waals surface area contributed by atoms with Crippen molar-refractivity contribution < 1.29 is 0 Å². The number of thioether (sulfide) groups is 1. The second-order valence-corrected chi connectivity index (χ2v) is 10.4. The van der Waals surface area contributed by atoms with Gasteiger partial charge in [0, 0.05) is 35.2 Å². The molecule has 7 heteroatoms. The predicted molar refractivity (Wildman–Crippen MR) is 122 cm³/mol. The Bertz CT molecular complexity index is 1120. The van der Waals surface area contributed by atoms with Gasteiger partial charge in [0.1, 0.15) is 0 Å². The van der Waals surface area contributed by atoms with Gasteiger partial charge in [0.25, 0.3) is 0 Å². The molecule has 0 atom stereocenters. The minimum Gasteiger partial charge on any atom is -0.340 e. The average Bonchev–Trinajstić information content (AvgIpc) is 3.28. The van der Waals surface area contributed by atoms with E-state index in [2.05, 4.69) is 79.8 Å². The van der Waals surface area contributed by atoms with Crippen LogP contribution in [0.1, 0.15) is 35.4 Å². The summed E-state index contributed by atoms with van der Waals surface area (Å²) in [4.78, 5) is 4.69. The lowest BCUT2D eigenvalue weighted by atomic mass is 9.86. The number of fused-ring (bicyclic) bond motifs is 5. The largest absolute Gasteiger partial charge is 0.340 e. The first-order chi connectivity index (χ1) is 14.6. The van der Waals surface area contributed by atoms with E-state index in [0.717, 1.165) is 67.3 Å². The van der Waals surface area contributed by atoms with Gasteiger partial charge in [-0.2, -0.15) is 0 Å². The Balaban J connectivity index is 1.34. The standard InChI is InChI=1S/C23H24ClN5S/c1-27-13-17-12-18(24)6-7-20(17)29-21(14-27)25-26-22(29)28-10-8-23(9-11-28)19-5-3-2-4-16(19)15-30-23/h2-7,12H,8-11,13-15H2,1H3. The van der Waals surface area contributed by atoms with Gasteiger partial charge >= 0.3 is 0 Å². The first kappa shape index (κ1) is 18.7. The van der Waals surface area contributed by atoms with Crippen molar-refractivity contribution in [2.75, 3.05) is 25.0 Å². The Morgan fingerprint density at radius 2 is 1.83 bits per heavy atom. The van der Waals surface area contributed by atoms with E-state index >= 15 is 0 Å². The topological polar surface area (TPSA) is 37.2 Å². The lowest BCUT2D eigenvalue weighted by Crippen LogP contribution is -2.41. The van der Waals surface area contributed by atoms with Crippen molar-refractivity contribution in [1.82, 2.24) is 19.7 Å². The molecule has 1 aromatic heterocycles. The number of piperidine rings is 1. The fourth-order valence-corrected chi connectivity index (χ4v) is 6.92. The van der Waals surface area contributed by atoms with Gasteiger partial charge < -0.3 is 4.90 Å². The molecule has 0 amide bonds. The van der Waals surface area contributed by atoms with Crippen LogP contribution in [0.5, 0.6) is 0 Å². The molecule has 1 saturated heterocycles. The van der Waals surface area contributed by atoms with Crippen molar-refractivity contribution in [3.05, 3.63) is 70.0 Å². The van der Waals surface area contributed by atoms with E-state index in [1.807, 2.05) is 6.07 Å². The maximum Gasteiger partial charge on any atom is 0.231 e. The van der Waals surface area contributed by atoms with Gasteiger partial charge in [0.2, 0.25) is 5.95 Å². The number of benzene rings is 2. The van der Waals surface area contributed by atoms with Crippen molar-refractivity contribution in [1.29, 1.82) is 0 Å². The fraction of sp³-hybridized carbons (Fsp3) is 0.391. The third-order valence-electron chi connectivity index (χ3n) is 6.71. The summed E-state index contributed by atoms with van der Waals surface area (Å²) in [7, 11) is 2.12. The number of hydrogen-bond donors (Lipinski definition) is 0. The highest BCUT2D eigenvalue weighted by Gasteiger charge is 2.42. The normalized spacial score (nSPS) is 20.0. The first-order valence-electron chi connectivity index (χ1n) is 10.5. The molecule has 0 N–H and O–H groups in total. The molecule has 0 unspecified atom stereocenters. The molecule has 2 aromatic carbocycles. The van der Waals surface area contributed by atoms with Crippen LogP contribution in [0.2, 0.25) is 5.02 Å². The highest BCUT2D eigenvalue weighted by atomic mass is 35.5. The van der Waals surface area contributed by atoms with Crippen molar-refractivity contribution in [2.24, 2.45) is 0 Å². The molecule has 1 spiro atoms. The molecule has 3 aliphatic rings. The third-order valence-corrected chi connectivity index (χ3v) is 8.58. The van der Waals surface area contributed by atoms with Crippen molar-refractivity contribution in [3.63, 3.8) is 0 Å². The van der Waals surface area contributed by atoms with Gasteiger partial charge in [0.05, 0.1) is 12.2 Å². The SMILES string of the molecule is CN1Cc2cc(Cl)ccc2-n2c(nnc2N2CCC3(CC2)SCc2ccccc23)C1. The predicted octanol–water partition coefficient (Wildman–Crippen LogP) is 4.61. The summed E-state index contributed by atoms with van der Waals surface area (Å²) in [6.07, 6.45) is 2.29. The quantitative estimate of drug-likeness (QED) is 0.555. The van der Waals surface area contributed by atoms with Crippen LogP contribution in [0.4, 0.5) is 5.95 Å². The highest BCUT2D eigenvalue weighted by molar-refractivity contribution is 7.99. The third kappa shape index (κ3) is 2.88. The van der Waals surface area contributed by atoms with Crippen LogP contribution < -0.4 is 4.90 Å². The molecule has 6 rings (SSSR count). The van der Waals surface area contributed by atoms with Crippen molar-refractivity contribution >= 4 is 29.3 Å². The smallest absolute Gasteiger partial charge is 0.231 e. The minimum atomic E-state index is 0.264. The number of halogens is 1. The summed E-state index contributed by atoms with van der Waals surface area (Å²) in [5.74, 6) is 3.10. The number of rotatable bonds is 1. The molecule has 0 saturated carbocycles. The molecular formula is C23H24ClN5S. The second-order valence-electron chi connectivity index (χ2n) is 8.62. The Hall–Kier alpha value is -2.02. The van der Waals surface area contributed by atoms with Gasteiger partial charge in [-0.1, -0.05) is 35.9 Å². The highest BCUT2D eigenvalue weighted by Crippen LogP contribution is 2.53. The van der Waals surface area contributed by atoms with Crippen LogP contribution in [-0.2, 0) is 23.6 Å². The van der Waals surface area contributed by atoms with Crippen LogP contribution in [0, 0.1) is 0 Å². The summed E-state index contributed by atoms with van der Waals surface area (Å²) < 4.78 is 2.52. The summed E-state index contributed by atoms with van der Waals surface area (Å²) >= 11 is 8.43. The fourth-order valence-electron chi connectivity index (χ4n) is 5.21. The summed E-state index contributed by atoms with van der Waals surface area (Å²) in [5, 5.41) is 10.0. The first-order valence-corrected chi connectivity index (χ1v) is 11.9. The molecule has 154 valence electrons. The summed E-state index contributed by atoms with van der Waals surface area (Å²) in [5.41, 5.74) is 5.44. The van der Waals surface area contributed by atoms with Crippen LogP contribution >= 0.6 is 23.4 Å². The molecular weight excluding hydrogens is 414 g/mol. The zero-order valence-electron chi connectivity index (χ0n) is 17.0. The van der Waals surface area contributed by atoms with E-state index in [1.165, 1.54) is 11.1 Å². The lowest BCUT2D eigenvalue weighted by Gasteiger charge is -2.39. The number of nitrogens with zero attached hydrogens (tertiary/aromatic N) is 5. The monoisotopic (exact) mass is 437 g/mol. The molecule has 0 radical (unpaired) electrons. The molecule has 0 bridgehead atoms. The Morgan fingerprint density at radius 1 is 1.00 bits per heavy atom. The van der Waals surface area contributed by atoms with E-state index in [1.54, 1.807) is 5.56 Å². The molecule has 3 aliphatic heterocycles. The molecule has 30 heavy (non-hydrogen) atoms. The van der Waals surface area contributed by atoms with Crippen LogP contribution in [0.15, 0.2) is 42.5 Å². The molecule has 5 nitrogen and oxygen atoms in total. The second kappa shape index (κ2) is 7.01. The van der Waals surface area contributed by atoms with Crippen molar-refractivity contribution in [3.8, 4) is 5.69 Å². The van der Waals surface area contributed by atoms with Crippen LogP contribution in [0.25, 0.3) is 5.69 Å². The summed E-state index contributed by atoms with van der Waals surface area (Å²) in [6.45, 7) is 3.63. The zero-order valence-corrected chi connectivity index (χ0v) is 18.6. The van der Waals surface area contributed by atoms with Crippen molar-refractivity contribution in [2.45, 2.75) is 36.4 Å². The maximum absolute atomic E-state index is 6.31. The average molecular weight is 438 g/mol. The van der Waals surface area contributed by atoms with E-state index in [4.69, 9.17) is 11.6 Å². The molecule has 1 fully saturated rings. The lowest BCUT2D eigenvalue weighted by molar-refractivity contribution is 0.315. The van der Waals surface area contributed by atoms with E-state index in [-0.39, 0.29) is 4.75 Å². The van der Waals surface area contributed by atoms with Gasteiger partial charge in [-0.25, -0.2) is 0 Å². The zero-order chi connectivity index (χ0) is 20.3. The Kier molecular flexibility index (Phi) is 4.37. The van der Waals surface area contributed by atoms with E-state index in [0.29, 0.717) is 0 Å². The molecule has 3 aromatic rings. The Labute approximate surface area is 186 Å². The summed E-state index contributed by atoms with van der Waals surface area (Å²) in [6, 6.07) is 15.1. The van der Waals surface area contributed by atoms with Gasteiger partial charge in [-0.3, -0.25) is 9.47 Å². The van der Waals surface area contributed by atoms with E-state index in [9.17, 15) is 0 Å². The number of hydrogen-bond acceptors (Lipinski definition) is 5. The minimum absolute atomic E-state index is 0.264. The number of anilines is 1. The number of aromatic nitrogens is 3. The van der Waals surface area contributed by atoms with Crippen LogP contribution in [-0.4, -0.2) is 39.8 Å². The van der Waals surface area contributed by atoms with Gasteiger partial charge in [0.15, 0.2) is 5.82 Å². The molecule has 0 aliphatic carbocycles.